The molecule has 0 spiro atoms. The second-order valence-corrected chi connectivity index (χ2v) is 6.03. The lowest BCUT2D eigenvalue weighted by Gasteiger charge is -2.16. The lowest BCUT2D eigenvalue weighted by atomic mass is 10.1. The third-order valence-electron chi connectivity index (χ3n) is 4.17. The van der Waals surface area contributed by atoms with E-state index in [1.54, 1.807) is 6.92 Å². The van der Waals surface area contributed by atoms with Gasteiger partial charge in [-0.15, -0.1) is 0 Å². The van der Waals surface area contributed by atoms with E-state index in [2.05, 4.69) is 17.4 Å². The zero-order valence-corrected chi connectivity index (χ0v) is 13.9. The summed E-state index contributed by atoms with van der Waals surface area (Å²) in [5, 5.41) is 2.89. The van der Waals surface area contributed by atoms with Gasteiger partial charge in [0.25, 0.3) is 5.91 Å². The average Bonchev–Trinajstić information content (AvgIpc) is 3.14. The molecule has 0 aliphatic carbocycles. The molecule has 4 heteroatoms. The van der Waals surface area contributed by atoms with Crippen LogP contribution in [0.15, 0.2) is 54.6 Å². The molecule has 0 aromatic heterocycles. The third-order valence-corrected chi connectivity index (χ3v) is 4.17. The van der Waals surface area contributed by atoms with Gasteiger partial charge in [-0.25, -0.2) is 0 Å². The van der Waals surface area contributed by atoms with Crippen molar-refractivity contribution < 1.29 is 14.3 Å². The molecule has 24 heavy (non-hydrogen) atoms. The Kier molecular flexibility index (Phi) is 5.49. The van der Waals surface area contributed by atoms with E-state index >= 15 is 0 Å². The summed E-state index contributed by atoms with van der Waals surface area (Å²) < 4.78 is 11.2. The maximum Gasteiger partial charge on any atom is 0.260 e. The highest BCUT2D eigenvalue weighted by molar-refractivity contribution is 5.80. The number of carbonyl (C=O) groups is 1. The molecule has 1 N–H and O–H groups in total. The molecule has 1 aliphatic heterocycles. The summed E-state index contributed by atoms with van der Waals surface area (Å²) in [6.07, 6.45) is 1.69. The zero-order chi connectivity index (χ0) is 16.8. The van der Waals surface area contributed by atoms with Gasteiger partial charge in [0, 0.05) is 13.2 Å². The first kappa shape index (κ1) is 16.5. The summed E-state index contributed by atoms with van der Waals surface area (Å²) in [5.41, 5.74) is 2.28. The van der Waals surface area contributed by atoms with Crippen molar-refractivity contribution in [3.63, 3.8) is 0 Å². The van der Waals surface area contributed by atoms with Crippen LogP contribution in [-0.2, 0) is 9.53 Å². The fourth-order valence-electron chi connectivity index (χ4n) is 2.78. The van der Waals surface area contributed by atoms with Crippen LogP contribution in [0.3, 0.4) is 0 Å². The van der Waals surface area contributed by atoms with Gasteiger partial charge in [-0.05, 0) is 43.0 Å². The van der Waals surface area contributed by atoms with Crippen molar-refractivity contribution in [1.82, 2.24) is 5.32 Å². The summed E-state index contributed by atoms with van der Waals surface area (Å²) in [5.74, 6) is 0.576. The van der Waals surface area contributed by atoms with Gasteiger partial charge in [-0.3, -0.25) is 4.79 Å². The molecule has 1 amide bonds. The predicted octanol–water partition coefficient (Wildman–Crippen LogP) is 3.42. The highest BCUT2D eigenvalue weighted by Gasteiger charge is 2.19. The van der Waals surface area contributed by atoms with E-state index in [9.17, 15) is 4.79 Å². The van der Waals surface area contributed by atoms with Crippen LogP contribution < -0.4 is 10.1 Å². The molecule has 2 atom stereocenters. The minimum Gasteiger partial charge on any atom is -0.481 e. The van der Waals surface area contributed by atoms with Gasteiger partial charge < -0.3 is 14.8 Å². The van der Waals surface area contributed by atoms with Crippen LogP contribution in [0, 0.1) is 0 Å². The Morgan fingerprint density at radius 1 is 1.17 bits per heavy atom. The monoisotopic (exact) mass is 325 g/mol. The number of benzene rings is 2. The number of nitrogens with one attached hydrogen (secondary N) is 1. The largest absolute Gasteiger partial charge is 0.481 e. The summed E-state index contributed by atoms with van der Waals surface area (Å²) in [6, 6.07) is 18.0. The summed E-state index contributed by atoms with van der Waals surface area (Å²) in [4.78, 5) is 12.1. The smallest absolute Gasteiger partial charge is 0.260 e. The number of rotatable bonds is 6. The van der Waals surface area contributed by atoms with Gasteiger partial charge >= 0.3 is 0 Å². The fourth-order valence-corrected chi connectivity index (χ4v) is 2.78. The number of carbonyl (C=O) groups excluding carboxylic acids is 1. The highest BCUT2D eigenvalue weighted by atomic mass is 16.5. The minimum atomic E-state index is -0.533. The second kappa shape index (κ2) is 7.97. The van der Waals surface area contributed by atoms with Crippen molar-refractivity contribution in [1.29, 1.82) is 0 Å². The fraction of sp³-hybridized carbons (Fsp3) is 0.350. The normalized spacial score (nSPS) is 18.1. The molecule has 126 valence electrons. The molecule has 1 heterocycles. The predicted molar refractivity (Wildman–Crippen MR) is 94.0 cm³/mol. The maximum atomic E-state index is 12.1. The van der Waals surface area contributed by atoms with Crippen LogP contribution in [0.5, 0.6) is 5.75 Å². The lowest BCUT2D eigenvalue weighted by molar-refractivity contribution is -0.127. The van der Waals surface area contributed by atoms with Crippen LogP contribution in [-0.4, -0.2) is 31.3 Å². The van der Waals surface area contributed by atoms with Gasteiger partial charge in [0.1, 0.15) is 5.75 Å². The molecule has 0 unspecified atom stereocenters. The topological polar surface area (TPSA) is 47.6 Å². The Bertz CT molecular complexity index is 648. The van der Waals surface area contributed by atoms with Crippen LogP contribution >= 0.6 is 0 Å². The molecule has 1 aliphatic rings. The molecule has 0 radical (unpaired) electrons. The zero-order valence-electron chi connectivity index (χ0n) is 13.9. The molecule has 0 saturated carbocycles. The van der Waals surface area contributed by atoms with Gasteiger partial charge in [-0.2, -0.15) is 0 Å². The molecule has 2 aromatic carbocycles. The number of amides is 1. The Morgan fingerprint density at radius 2 is 1.88 bits per heavy atom. The first-order valence-electron chi connectivity index (χ1n) is 8.44. The van der Waals surface area contributed by atoms with Gasteiger partial charge in [0.05, 0.1) is 6.10 Å². The second-order valence-electron chi connectivity index (χ2n) is 6.03. The van der Waals surface area contributed by atoms with Crippen LogP contribution in [0.2, 0.25) is 0 Å². The van der Waals surface area contributed by atoms with Crippen molar-refractivity contribution >= 4 is 5.91 Å². The van der Waals surface area contributed by atoms with Crippen LogP contribution in [0.1, 0.15) is 19.8 Å². The molecular weight excluding hydrogens is 302 g/mol. The Labute approximate surface area is 142 Å². The summed E-state index contributed by atoms with van der Waals surface area (Å²) in [6.45, 7) is 3.11. The van der Waals surface area contributed by atoms with E-state index in [1.807, 2.05) is 42.5 Å². The summed E-state index contributed by atoms with van der Waals surface area (Å²) in [7, 11) is 0. The average molecular weight is 325 g/mol. The van der Waals surface area contributed by atoms with Crippen molar-refractivity contribution in [3.8, 4) is 16.9 Å². The summed E-state index contributed by atoms with van der Waals surface area (Å²) >= 11 is 0. The Hall–Kier alpha value is -2.33. The van der Waals surface area contributed by atoms with Crippen molar-refractivity contribution in [2.45, 2.75) is 32.0 Å². The van der Waals surface area contributed by atoms with E-state index in [0.717, 1.165) is 30.6 Å². The molecule has 4 nitrogen and oxygen atoms in total. The lowest BCUT2D eigenvalue weighted by Crippen LogP contribution is -2.40. The van der Waals surface area contributed by atoms with Crippen molar-refractivity contribution in [2.75, 3.05) is 13.2 Å². The Morgan fingerprint density at radius 3 is 2.54 bits per heavy atom. The van der Waals surface area contributed by atoms with Crippen LogP contribution in [0.25, 0.3) is 11.1 Å². The quantitative estimate of drug-likeness (QED) is 0.885. The molecule has 1 saturated heterocycles. The minimum absolute atomic E-state index is 0.113. The first-order valence-corrected chi connectivity index (χ1v) is 8.44. The molecule has 0 bridgehead atoms. The number of ether oxygens (including phenoxy) is 2. The van der Waals surface area contributed by atoms with E-state index in [4.69, 9.17) is 9.47 Å². The standard InChI is InChI=1S/C20H23NO3/c1-15(20(22)21-14-19-8-5-13-23-19)24-18-11-9-17(10-12-18)16-6-3-2-4-7-16/h2-4,6-7,9-12,15,19H,5,8,13-14H2,1H3,(H,21,22)/t15-,19+/m1/s1. The van der Waals surface area contributed by atoms with Crippen LogP contribution in [0.4, 0.5) is 0 Å². The number of hydrogen-bond acceptors (Lipinski definition) is 3. The molecule has 1 fully saturated rings. The first-order chi connectivity index (χ1) is 11.7. The molecule has 3 rings (SSSR count). The Balaban J connectivity index is 1.52. The highest BCUT2D eigenvalue weighted by Crippen LogP contribution is 2.22. The number of hydrogen-bond donors (Lipinski definition) is 1. The SMILES string of the molecule is C[C@@H](Oc1ccc(-c2ccccc2)cc1)C(=O)NC[C@@H]1CCCO1. The van der Waals surface area contributed by atoms with E-state index < -0.39 is 6.10 Å². The van der Waals surface area contributed by atoms with Gasteiger partial charge in [0.2, 0.25) is 0 Å². The van der Waals surface area contributed by atoms with E-state index in [-0.39, 0.29) is 12.0 Å². The molecular formula is C20H23NO3. The third kappa shape index (κ3) is 4.36. The van der Waals surface area contributed by atoms with E-state index in [1.165, 1.54) is 0 Å². The van der Waals surface area contributed by atoms with Gasteiger partial charge in [-0.1, -0.05) is 42.5 Å². The van der Waals surface area contributed by atoms with Crippen molar-refractivity contribution in [2.24, 2.45) is 0 Å². The van der Waals surface area contributed by atoms with E-state index in [0.29, 0.717) is 12.3 Å². The maximum absolute atomic E-state index is 12.1. The van der Waals surface area contributed by atoms with Crippen molar-refractivity contribution in [3.05, 3.63) is 54.6 Å². The molecule has 2 aromatic rings. The van der Waals surface area contributed by atoms with Gasteiger partial charge in [0.15, 0.2) is 6.10 Å².